The maximum absolute atomic E-state index is 12.8. The molecule has 2 N–H and O–H groups in total. The van der Waals surface area contributed by atoms with E-state index < -0.39 is 28.9 Å². The van der Waals surface area contributed by atoms with Gasteiger partial charge < -0.3 is 15.4 Å². The summed E-state index contributed by atoms with van der Waals surface area (Å²) >= 11 is 0. The van der Waals surface area contributed by atoms with Crippen molar-refractivity contribution < 1.29 is 24.0 Å². The van der Waals surface area contributed by atoms with Gasteiger partial charge in [0.1, 0.15) is 12.1 Å². The number of imide groups is 1. The summed E-state index contributed by atoms with van der Waals surface area (Å²) in [5, 5.41) is 16.5. The van der Waals surface area contributed by atoms with Crippen LogP contribution in [0.15, 0.2) is 12.1 Å². The molecule has 29 heavy (non-hydrogen) atoms. The molecule has 0 unspecified atom stereocenters. The third-order valence-electron chi connectivity index (χ3n) is 5.67. The first kappa shape index (κ1) is 20.6. The molecular formula is C19H24N4O6. The number of nitro benzene ring substituents is 1. The van der Waals surface area contributed by atoms with Crippen LogP contribution in [0.5, 0.6) is 5.75 Å². The number of amides is 4. The molecule has 156 valence electrons. The zero-order valence-corrected chi connectivity index (χ0v) is 16.6. The van der Waals surface area contributed by atoms with Crippen molar-refractivity contribution >= 4 is 29.2 Å². The Hall–Kier alpha value is -3.17. The van der Waals surface area contributed by atoms with Crippen molar-refractivity contribution in [3.63, 3.8) is 0 Å². The van der Waals surface area contributed by atoms with Gasteiger partial charge in [-0.3, -0.25) is 24.6 Å². The van der Waals surface area contributed by atoms with E-state index in [0.29, 0.717) is 30.0 Å². The molecule has 2 aliphatic rings. The molecule has 10 heteroatoms. The highest BCUT2D eigenvalue weighted by Crippen LogP contribution is 2.36. The van der Waals surface area contributed by atoms with Gasteiger partial charge in [-0.25, -0.2) is 4.79 Å². The number of benzene rings is 1. The molecule has 1 saturated carbocycles. The number of hydrogen-bond donors (Lipinski definition) is 2. The Labute approximate surface area is 167 Å². The van der Waals surface area contributed by atoms with Gasteiger partial charge in [0.2, 0.25) is 5.91 Å². The van der Waals surface area contributed by atoms with Crippen molar-refractivity contribution in [2.75, 3.05) is 19.0 Å². The van der Waals surface area contributed by atoms with Crippen LogP contribution in [0.4, 0.5) is 16.2 Å². The Morgan fingerprint density at radius 1 is 1.38 bits per heavy atom. The fourth-order valence-corrected chi connectivity index (χ4v) is 3.86. The quantitative estimate of drug-likeness (QED) is 0.440. The lowest BCUT2D eigenvalue weighted by Gasteiger charge is -2.33. The zero-order valence-electron chi connectivity index (χ0n) is 16.6. The number of hydrogen-bond acceptors (Lipinski definition) is 6. The second kappa shape index (κ2) is 7.69. The lowest BCUT2D eigenvalue weighted by atomic mass is 9.77. The molecule has 1 spiro atoms. The average molecular weight is 404 g/mol. The number of nitro groups is 1. The molecule has 1 aliphatic heterocycles. The van der Waals surface area contributed by atoms with E-state index in [9.17, 15) is 24.5 Å². The molecule has 4 amide bonds. The maximum Gasteiger partial charge on any atom is 0.325 e. The van der Waals surface area contributed by atoms with Crippen LogP contribution in [0, 0.1) is 23.0 Å². The van der Waals surface area contributed by atoms with Gasteiger partial charge in [0.15, 0.2) is 5.75 Å². The van der Waals surface area contributed by atoms with Crippen LogP contribution in [0.25, 0.3) is 0 Å². The highest BCUT2D eigenvalue weighted by Gasteiger charge is 2.52. The van der Waals surface area contributed by atoms with E-state index in [-0.39, 0.29) is 17.3 Å². The molecule has 0 aromatic heterocycles. The number of nitrogens with zero attached hydrogens (tertiary/aromatic N) is 2. The van der Waals surface area contributed by atoms with Crippen LogP contribution in [0.3, 0.4) is 0 Å². The summed E-state index contributed by atoms with van der Waals surface area (Å²) < 4.78 is 5.01. The Morgan fingerprint density at radius 2 is 2.03 bits per heavy atom. The van der Waals surface area contributed by atoms with Crippen molar-refractivity contribution in [1.29, 1.82) is 0 Å². The highest BCUT2D eigenvalue weighted by molar-refractivity contribution is 6.10. The predicted molar refractivity (Wildman–Crippen MR) is 104 cm³/mol. The van der Waals surface area contributed by atoms with Gasteiger partial charge >= 0.3 is 11.7 Å². The number of methoxy groups -OCH3 is 1. The molecule has 1 aromatic carbocycles. The average Bonchev–Trinajstić information content (AvgIpc) is 2.89. The summed E-state index contributed by atoms with van der Waals surface area (Å²) in [4.78, 5) is 49.1. The van der Waals surface area contributed by atoms with Crippen LogP contribution in [-0.2, 0) is 9.59 Å². The first-order valence-corrected chi connectivity index (χ1v) is 9.44. The number of carbonyl (C=O) groups is 3. The number of ether oxygens (including phenoxy) is 1. The molecule has 0 atom stereocenters. The molecule has 0 bridgehead atoms. The molecule has 0 radical (unpaired) electrons. The lowest BCUT2D eigenvalue weighted by molar-refractivity contribution is -0.385. The first-order valence-electron chi connectivity index (χ1n) is 9.44. The minimum Gasteiger partial charge on any atom is -0.490 e. The number of rotatable bonds is 5. The van der Waals surface area contributed by atoms with E-state index in [1.165, 1.54) is 19.2 Å². The number of aryl methyl sites for hydroxylation is 1. The van der Waals surface area contributed by atoms with Gasteiger partial charge in [0.05, 0.1) is 12.0 Å². The summed E-state index contributed by atoms with van der Waals surface area (Å²) in [7, 11) is 1.29. The largest absolute Gasteiger partial charge is 0.490 e. The summed E-state index contributed by atoms with van der Waals surface area (Å²) in [6.45, 7) is 3.29. The number of urea groups is 1. The fourth-order valence-electron chi connectivity index (χ4n) is 3.86. The Morgan fingerprint density at radius 3 is 2.62 bits per heavy atom. The van der Waals surface area contributed by atoms with Crippen molar-refractivity contribution in [2.24, 2.45) is 5.92 Å². The van der Waals surface area contributed by atoms with Gasteiger partial charge in [-0.1, -0.05) is 6.92 Å². The highest BCUT2D eigenvalue weighted by atomic mass is 16.6. The van der Waals surface area contributed by atoms with Gasteiger partial charge in [-0.05, 0) is 44.1 Å². The van der Waals surface area contributed by atoms with E-state index in [1.807, 2.05) is 0 Å². The molecule has 1 saturated heterocycles. The van der Waals surface area contributed by atoms with E-state index in [1.54, 1.807) is 6.92 Å². The van der Waals surface area contributed by atoms with Crippen LogP contribution in [0.1, 0.15) is 38.2 Å². The third kappa shape index (κ3) is 3.87. The van der Waals surface area contributed by atoms with E-state index >= 15 is 0 Å². The summed E-state index contributed by atoms with van der Waals surface area (Å²) in [5.74, 6) is -0.444. The molecule has 3 rings (SSSR count). The van der Waals surface area contributed by atoms with Crippen molar-refractivity contribution in [2.45, 2.75) is 45.1 Å². The Kier molecular flexibility index (Phi) is 5.45. The van der Waals surface area contributed by atoms with Gasteiger partial charge in [0, 0.05) is 17.8 Å². The van der Waals surface area contributed by atoms with Crippen molar-refractivity contribution in [3.05, 3.63) is 27.8 Å². The monoisotopic (exact) mass is 404 g/mol. The smallest absolute Gasteiger partial charge is 0.325 e. The number of carbonyl (C=O) groups excluding carboxylic acids is 3. The topological polar surface area (TPSA) is 131 Å². The van der Waals surface area contributed by atoms with Gasteiger partial charge in [0.25, 0.3) is 5.91 Å². The first-order chi connectivity index (χ1) is 13.7. The number of anilines is 1. The summed E-state index contributed by atoms with van der Waals surface area (Å²) in [6.07, 6.45) is 2.81. The Bertz CT molecular complexity index is 876. The SMILES string of the molecule is COc1cc(NC(=O)CN2C(=O)NC3(CCC(C)CC3)C2=O)c(C)cc1[N+](=O)[O-]. The van der Waals surface area contributed by atoms with Crippen molar-refractivity contribution in [1.82, 2.24) is 10.2 Å². The van der Waals surface area contributed by atoms with Gasteiger partial charge in [-0.15, -0.1) is 0 Å². The number of nitrogens with one attached hydrogen (secondary N) is 2. The van der Waals surface area contributed by atoms with E-state index in [0.717, 1.165) is 17.7 Å². The lowest BCUT2D eigenvalue weighted by Crippen LogP contribution is -2.49. The molecule has 2 fully saturated rings. The molecule has 1 aromatic rings. The fraction of sp³-hybridized carbons (Fsp3) is 0.526. The second-order valence-electron chi connectivity index (χ2n) is 7.73. The summed E-state index contributed by atoms with van der Waals surface area (Å²) in [6, 6.07) is 2.07. The Balaban J connectivity index is 1.72. The molecule has 10 nitrogen and oxygen atoms in total. The maximum atomic E-state index is 12.8. The van der Waals surface area contributed by atoms with Gasteiger partial charge in [-0.2, -0.15) is 0 Å². The van der Waals surface area contributed by atoms with Crippen molar-refractivity contribution in [3.8, 4) is 5.75 Å². The normalized spacial score (nSPS) is 23.8. The van der Waals surface area contributed by atoms with Crippen LogP contribution in [0.2, 0.25) is 0 Å². The predicted octanol–water partition coefficient (Wildman–Crippen LogP) is 2.35. The third-order valence-corrected chi connectivity index (χ3v) is 5.67. The summed E-state index contributed by atoms with van der Waals surface area (Å²) in [5.41, 5.74) is -0.354. The second-order valence-corrected chi connectivity index (χ2v) is 7.73. The minimum atomic E-state index is -0.906. The zero-order chi connectivity index (χ0) is 21.3. The van der Waals surface area contributed by atoms with E-state index in [4.69, 9.17) is 4.74 Å². The molecular weight excluding hydrogens is 380 g/mol. The van der Waals surface area contributed by atoms with E-state index in [2.05, 4.69) is 17.6 Å². The van der Waals surface area contributed by atoms with Crippen LogP contribution in [-0.4, -0.2) is 46.9 Å². The molecule has 1 heterocycles. The standard InChI is InChI=1S/C19H24N4O6/c1-11-4-6-19(7-5-11)17(25)22(18(26)21-19)10-16(24)20-13-9-15(29-3)14(23(27)28)8-12(13)2/h8-9,11H,4-7,10H2,1-3H3,(H,20,24)(H,21,26). The van der Waals surface area contributed by atoms with Crippen LogP contribution >= 0.6 is 0 Å². The van der Waals surface area contributed by atoms with Crippen LogP contribution < -0.4 is 15.4 Å². The molecule has 1 aliphatic carbocycles. The minimum absolute atomic E-state index is 0.00108.